The molecule has 0 bridgehead atoms. The van der Waals surface area contributed by atoms with Crippen molar-refractivity contribution in [3.63, 3.8) is 0 Å². The maximum Gasteiger partial charge on any atom is 0.309 e. The zero-order valence-electron chi connectivity index (χ0n) is 12.5. The van der Waals surface area contributed by atoms with Crippen molar-refractivity contribution in [1.29, 1.82) is 0 Å². The molecule has 0 heterocycles. The Morgan fingerprint density at radius 3 is 2.33 bits per heavy atom. The second-order valence-corrected chi connectivity index (χ2v) is 5.03. The third-order valence-electron chi connectivity index (χ3n) is 3.58. The maximum atomic E-state index is 11.5. The lowest BCUT2D eigenvalue weighted by Gasteiger charge is -2.16. The first kappa shape index (κ1) is 15.3. The van der Waals surface area contributed by atoms with Gasteiger partial charge in [0.25, 0.3) is 0 Å². The summed E-state index contributed by atoms with van der Waals surface area (Å²) in [5, 5.41) is 3.49. The minimum absolute atomic E-state index is 0.210. The van der Waals surface area contributed by atoms with Crippen molar-refractivity contribution in [3.8, 4) is 0 Å². The summed E-state index contributed by atoms with van der Waals surface area (Å²) in [7, 11) is 1.42. The van der Waals surface area contributed by atoms with E-state index in [0.717, 1.165) is 17.7 Å². The van der Waals surface area contributed by atoms with Crippen LogP contribution in [-0.4, -0.2) is 13.1 Å². The number of ether oxygens (including phenoxy) is 1. The molecule has 2 aromatic carbocycles. The highest BCUT2D eigenvalue weighted by Crippen LogP contribution is 2.15. The van der Waals surface area contributed by atoms with Gasteiger partial charge >= 0.3 is 5.97 Å². The van der Waals surface area contributed by atoms with E-state index >= 15 is 0 Å². The highest BCUT2D eigenvalue weighted by atomic mass is 16.5. The summed E-state index contributed by atoms with van der Waals surface area (Å²) in [6.07, 6.45) is 0.314. The van der Waals surface area contributed by atoms with E-state index < -0.39 is 0 Å². The van der Waals surface area contributed by atoms with E-state index in [9.17, 15) is 4.79 Å². The number of rotatable bonds is 6. The first-order valence-electron chi connectivity index (χ1n) is 7.12. The fourth-order valence-corrected chi connectivity index (χ4v) is 2.25. The van der Waals surface area contributed by atoms with Crippen LogP contribution in [0.2, 0.25) is 0 Å². The zero-order valence-corrected chi connectivity index (χ0v) is 12.5. The Kier molecular flexibility index (Phi) is 5.52. The Hall–Kier alpha value is -2.13. The molecule has 0 saturated carbocycles. The molecule has 3 nitrogen and oxygen atoms in total. The maximum absolute atomic E-state index is 11.5. The fourth-order valence-electron chi connectivity index (χ4n) is 2.25. The first-order valence-corrected chi connectivity index (χ1v) is 7.12. The Labute approximate surface area is 126 Å². The summed E-state index contributed by atoms with van der Waals surface area (Å²) in [5.74, 6) is -0.210. The number of hydrogen-bond acceptors (Lipinski definition) is 3. The Bertz CT molecular complexity index is 581. The van der Waals surface area contributed by atoms with Gasteiger partial charge in [0.05, 0.1) is 13.5 Å². The SMILES string of the molecule is COC(=O)Cc1ccccc1CN[C@@H](C)c1ccccc1. The van der Waals surface area contributed by atoms with Gasteiger partial charge in [-0.2, -0.15) is 0 Å². The Balaban J connectivity index is 2.01. The molecular weight excluding hydrogens is 262 g/mol. The summed E-state index contributed by atoms with van der Waals surface area (Å²) in [4.78, 5) is 11.5. The molecule has 0 radical (unpaired) electrons. The lowest BCUT2D eigenvalue weighted by molar-refractivity contribution is -0.139. The van der Waals surface area contributed by atoms with Gasteiger partial charge in [-0.05, 0) is 23.6 Å². The normalized spacial score (nSPS) is 11.9. The highest BCUT2D eigenvalue weighted by Gasteiger charge is 2.09. The smallest absolute Gasteiger partial charge is 0.309 e. The van der Waals surface area contributed by atoms with Crippen LogP contribution < -0.4 is 5.32 Å². The van der Waals surface area contributed by atoms with Crippen molar-refractivity contribution in [3.05, 3.63) is 71.3 Å². The van der Waals surface area contributed by atoms with Crippen molar-refractivity contribution < 1.29 is 9.53 Å². The van der Waals surface area contributed by atoms with Gasteiger partial charge in [-0.3, -0.25) is 4.79 Å². The standard InChI is InChI=1S/C18H21NO2/c1-14(15-8-4-3-5-9-15)19-13-17-11-7-6-10-16(17)12-18(20)21-2/h3-11,14,19H,12-13H2,1-2H3/t14-/m0/s1. The second-order valence-electron chi connectivity index (χ2n) is 5.03. The molecule has 1 N–H and O–H groups in total. The molecule has 0 amide bonds. The third kappa shape index (κ3) is 4.43. The van der Waals surface area contributed by atoms with Crippen LogP contribution in [0.5, 0.6) is 0 Å². The van der Waals surface area contributed by atoms with Crippen molar-refractivity contribution >= 4 is 5.97 Å². The number of esters is 1. The van der Waals surface area contributed by atoms with Crippen LogP contribution in [0.4, 0.5) is 0 Å². The minimum atomic E-state index is -0.210. The molecule has 0 aliphatic rings. The Morgan fingerprint density at radius 2 is 1.67 bits per heavy atom. The lowest BCUT2D eigenvalue weighted by atomic mass is 10.0. The summed E-state index contributed by atoms with van der Waals surface area (Å²) in [6, 6.07) is 18.5. The molecule has 0 aliphatic heterocycles. The van der Waals surface area contributed by atoms with Gasteiger partial charge in [0.2, 0.25) is 0 Å². The summed E-state index contributed by atoms with van der Waals surface area (Å²) in [5.41, 5.74) is 3.39. The van der Waals surface area contributed by atoms with E-state index in [2.05, 4.69) is 24.4 Å². The molecule has 0 spiro atoms. The first-order chi connectivity index (χ1) is 10.2. The molecular formula is C18H21NO2. The van der Waals surface area contributed by atoms with Gasteiger partial charge in [-0.25, -0.2) is 0 Å². The molecule has 0 aromatic heterocycles. The molecule has 0 fully saturated rings. The molecule has 2 aromatic rings. The van der Waals surface area contributed by atoms with Crippen molar-refractivity contribution in [2.75, 3.05) is 7.11 Å². The highest BCUT2D eigenvalue weighted by molar-refractivity contribution is 5.72. The van der Waals surface area contributed by atoms with Crippen LogP contribution in [0.3, 0.4) is 0 Å². The average Bonchev–Trinajstić information content (AvgIpc) is 2.54. The van der Waals surface area contributed by atoms with Crippen LogP contribution in [0.15, 0.2) is 54.6 Å². The number of methoxy groups -OCH3 is 1. The summed E-state index contributed by atoms with van der Waals surface area (Å²) in [6.45, 7) is 2.86. The minimum Gasteiger partial charge on any atom is -0.469 e. The van der Waals surface area contributed by atoms with E-state index in [-0.39, 0.29) is 12.0 Å². The predicted molar refractivity (Wildman–Crippen MR) is 83.9 cm³/mol. The van der Waals surface area contributed by atoms with Crippen molar-refractivity contribution in [2.45, 2.75) is 25.9 Å². The monoisotopic (exact) mass is 283 g/mol. The van der Waals surface area contributed by atoms with Crippen LogP contribution in [-0.2, 0) is 22.5 Å². The fraction of sp³-hybridized carbons (Fsp3) is 0.278. The molecule has 110 valence electrons. The molecule has 1 atom stereocenters. The van der Waals surface area contributed by atoms with Crippen LogP contribution in [0, 0.1) is 0 Å². The van der Waals surface area contributed by atoms with Crippen molar-refractivity contribution in [2.24, 2.45) is 0 Å². The topological polar surface area (TPSA) is 38.3 Å². The largest absolute Gasteiger partial charge is 0.469 e. The summed E-state index contributed by atoms with van der Waals surface area (Å²) < 4.78 is 4.74. The lowest BCUT2D eigenvalue weighted by Crippen LogP contribution is -2.19. The van der Waals surface area contributed by atoms with Crippen LogP contribution in [0.1, 0.15) is 29.7 Å². The average molecular weight is 283 g/mol. The molecule has 0 unspecified atom stereocenters. The molecule has 3 heteroatoms. The number of carbonyl (C=O) groups is 1. The number of nitrogens with one attached hydrogen (secondary N) is 1. The van der Waals surface area contributed by atoms with Gasteiger partial charge in [0.1, 0.15) is 0 Å². The number of carbonyl (C=O) groups excluding carboxylic acids is 1. The molecule has 2 rings (SSSR count). The van der Waals surface area contributed by atoms with Gasteiger partial charge < -0.3 is 10.1 Å². The zero-order chi connectivity index (χ0) is 15.1. The van der Waals surface area contributed by atoms with E-state index in [4.69, 9.17) is 4.74 Å². The van der Waals surface area contributed by atoms with Crippen molar-refractivity contribution in [1.82, 2.24) is 5.32 Å². The second kappa shape index (κ2) is 7.60. The van der Waals surface area contributed by atoms with Crippen LogP contribution in [0.25, 0.3) is 0 Å². The van der Waals surface area contributed by atoms with Gasteiger partial charge in [-0.15, -0.1) is 0 Å². The third-order valence-corrected chi connectivity index (χ3v) is 3.58. The van der Waals surface area contributed by atoms with E-state index in [1.54, 1.807) is 0 Å². The van der Waals surface area contributed by atoms with Gasteiger partial charge in [-0.1, -0.05) is 54.6 Å². The van der Waals surface area contributed by atoms with E-state index in [1.807, 2.05) is 42.5 Å². The predicted octanol–water partition coefficient (Wildman–Crippen LogP) is 3.25. The van der Waals surface area contributed by atoms with Gasteiger partial charge in [0, 0.05) is 12.6 Å². The number of benzene rings is 2. The van der Waals surface area contributed by atoms with Gasteiger partial charge in [0.15, 0.2) is 0 Å². The van der Waals surface area contributed by atoms with Crippen LogP contribution >= 0.6 is 0 Å². The quantitative estimate of drug-likeness (QED) is 0.827. The summed E-state index contributed by atoms with van der Waals surface area (Å²) >= 11 is 0. The number of hydrogen-bond donors (Lipinski definition) is 1. The molecule has 0 aliphatic carbocycles. The molecule has 21 heavy (non-hydrogen) atoms. The Morgan fingerprint density at radius 1 is 1.05 bits per heavy atom. The molecule has 0 saturated heterocycles. The van der Waals surface area contributed by atoms with E-state index in [0.29, 0.717) is 6.42 Å². The van der Waals surface area contributed by atoms with E-state index in [1.165, 1.54) is 12.7 Å².